The number of nitrogens with one attached hydrogen (secondary N) is 1. The van der Waals surface area contributed by atoms with E-state index in [1.807, 2.05) is 6.92 Å². The number of aliphatic carboxylic acids is 1. The maximum absolute atomic E-state index is 12.0. The molecule has 0 aromatic heterocycles. The summed E-state index contributed by atoms with van der Waals surface area (Å²) < 4.78 is 10.5. The zero-order valence-electron chi connectivity index (χ0n) is 11.7. The summed E-state index contributed by atoms with van der Waals surface area (Å²) in [6, 6.07) is 0.00748. The van der Waals surface area contributed by atoms with Gasteiger partial charge in [-0.2, -0.15) is 0 Å². The van der Waals surface area contributed by atoms with Crippen molar-refractivity contribution in [2.45, 2.75) is 38.0 Å². The summed E-state index contributed by atoms with van der Waals surface area (Å²) >= 11 is 0. The lowest BCUT2D eigenvalue weighted by atomic mass is 10.2. The first kappa shape index (κ1) is 15.2. The van der Waals surface area contributed by atoms with Crippen LogP contribution in [0.1, 0.15) is 19.8 Å². The van der Waals surface area contributed by atoms with E-state index in [-0.39, 0.29) is 11.9 Å². The van der Waals surface area contributed by atoms with Crippen molar-refractivity contribution in [2.75, 3.05) is 32.8 Å². The highest BCUT2D eigenvalue weighted by molar-refractivity contribution is 5.82. The van der Waals surface area contributed by atoms with Crippen molar-refractivity contribution in [1.82, 2.24) is 10.2 Å². The van der Waals surface area contributed by atoms with E-state index in [1.54, 1.807) is 0 Å². The summed E-state index contributed by atoms with van der Waals surface area (Å²) in [6.45, 7) is 5.92. The predicted octanol–water partition coefficient (Wildman–Crippen LogP) is -0.544. The van der Waals surface area contributed by atoms with E-state index in [0.717, 1.165) is 32.8 Å². The molecule has 20 heavy (non-hydrogen) atoms. The molecule has 0 aromatic rings. The monoisotopic (exact) mass is 286 g/mol. The lowest BCUT2D eigenvalue weighted by molar-refractivity contribution is -0.151. The highest BCUT2D eigenvalue weighted by atomic mass is 16.5. The highest BCUT2D eigenvalue weighted by Gasteiger charge is 2.35. The Bertz CT molecular complexity index is 357. The zero-order valence-corrected chi connectivity index (χ0v) is 11.7. The average molecular weight is 286 g/mol. The number of rotatable bonds is 5. The van der Waals surface area contributed by atoms with E-state index in [9.17, 15) is 9.59 Å². The number of hydrogen-bond acceptors (Lipinski definition) is 5. The molecule has 3 unspecified atom stereocenters. The minimum Gasteiger partial charge on any atom is -0.479 e. The van der Waals surface area contributed by atoms with Crippen molar-refractivity contribution in [1.29, 1.82) is 0 Å². The number of morpholine rings is 1. The second-order valence-electron chi connectivity index (χ2n) is 5.35. The molecule has 0 aromatic carbocycles. The molecule has 0 bridgehead atoms. The number of nitrogens with zero attached hydrogens (tertiary/aromatic N) is 1. The Labute approximate surface area is 118 Å². The van der Waals surface area contributed by atoms with Crippen LogP contribution in [0.2, 0.25) is 0 Å². The first-order chi connectivity index (χ1) is 9.56. The highest BCUT2D eigenvalue weighted by Crippen LogP contribution is 2.20. The van der Waals surface area contributed by atoms with Gasteiger partial charge < -0.3 is 19.9 Å². The Hall–Kier alpha value is -1.18. The van der Waals surface area contributed by atoms with E-state index in [1.165, 1.54) is 0 Å². The largest absolute Gasteiger partial charge is 0.479 e. The van der Waals surface area contributed by atoms with Crippen LogP contribution in [0.3, 0.4) is 0 Å². The van der Waals surface area contributed by atoms with Gasteiger partial charge >= 0.3 is 5.97 Å². The molecule has 0 aliphatic carbocycles. The topological polar surface area (TPSA) is 88.1 Å². The van der Waals surface area contributed by atoms with Gasteiger partial charge in [0.2, 0.25) is 5.91 Å². The van der Waals surface area contributed by atoms with Gasteiger partial charge in [0, 0.05) is 25.7 Å². The fourth-order valence-corrected chi connectivity index (χ4v) is 2.56. The van der Waals surface area contributed by atoms with Crippen molar-refractivity contribution in [3.63, 3.8) is 0 Å². The molecule has 7 nitrogen and oxygen atoms in total. The quantitative estimate of drug-likeness (QED) is 0.705. The molecule has 2 rings (SSSR count). The minimum absolute atomic E-state index is 0.00748. The smallest absolute Gasteiger partial charge is 0.332 e. The van der Waals surface area contributed by atoms with Crippen LogP contribution in [0.5, 0.6) is 0 Å². The predicted molar refractivity (Wildman–Crippen MR) is 70.4 cm³/mol. The molecule has 2 N–H and O–H groups in total. The van der Waals surface area contributed by atoms with Crippen molar-refractivity contribution < 1.29 is 24.2 Å². The van der Waals surface area contributed by atoms with Crippen LogP contribution in [0.15, 0.2) is 0 Å². The third kappa shape index (κ3) is 4.16. The van der Waals surface area contributed by atoms with Crippen molar-refractivity contribution in [2.24, 2.45) is 0 Å². The average Bonchev–Trinajstić information content (AvgIpc) is 2.89. The molecular weight excluding hydrogens is 264 g/mol. The Kier molecular flexibility index (Phi) is 5.33. The van der Waals surface area contributed by atoms with Gasteiger partial charge in [-0.1, -0.05) is 0 Å². The van der Waals surface area contributed by atoms with Crippen LogP contribution in [-0.4, -0.2) is 73.0 Å². The van der Waals surface area contributed by atoms with Gasteiger partial charge in [-0.3, -0.25) is 9.69 Å². The number of amides is 1. The van der Waals surface area contributed by atoms with Gasteiger partial charge in [0.25, 0.3) is 0 Å². The number of hydrogen-bond donors (Lipinski definition) is 2. The van der Waals surface area contributed by atoms with Crippen LogP contribution in [-0.2, 0) is 19.1 Å². The van der Waals surface area contributed by atoms with Crippen molar-refractivity contribution in [3.8, 4) is 0 Å². The molecule has 0 radical (unpaired) electrons. The van der Waals surface area contributed by atoms with E-state index in [4.69, 9.17) is 14.6 Å². The molecule has 7 heteroatoms. The fraction of sp³-hybridized carbons (Fsp3) is 0.846. The fourth-order valence-electron chi connectivity index (χ4n) is 2.56. The van der Waals surface area contributed by atoms with Crippen LogP contribution < -0.4 is 5.32 Å². The van der Waals surface area contributed by atoms with E-state index >= 15 is 0 Å². The molecule has 3 atom stereocenters. The number of ether oxygens (including phenoxy) is 2. The second-order valence-corrected chi connectivity index (χ2v) is 5.35. The molecule has 2 aliphatic rings. The Balaban J connectivity index is 1.72. The third-order valence-corrected chi connectivity index (χ3v) is 3.61. The number of carbonyl (C=O) groups excluding carboxylic acids is 1. The molecule has 2 fully saturated rings. The summed E-state index contributed by atoms with van der Waals surface area (Å²) in [5, 5.41) is 11.7. The van der Waals surface area contributed by atoms with Gasteiger partial charge in [-0.15, -0.1) is 0 Å². The second kappa shape index (κ2) is 7.01. The number of carboxylic acids is 1. The Morgan fingerprint density at radius 3 is 2.55 bits per heavy atom. The van der Waals surface area contributed by atoms with Gasteiger partial charge in [0.1, 0.15) is 6.10 Å². The number of carboxylic acid groups (broad SMARTS) is 1. The normalized spacial score (nSPS) is 29.1. The summed E-state index contributed by atoms with van der Waals surface area (Å²) in [5.74, 6) is -1.21. The van der Waals surface area contributed by atoms with Crippen LogP contribution in [0.25, 0.3) is 0 Å². The summed E-state index contributed by atoms with van der Waals surface area (Å²) in [7, 11) is 0. The zero-order chi connectivity index (χ0) is 14.5. The van der Waals surface area contributed by atoms with Crippen molar-refractivity contribution in [3.05, 3.63) is 0 Å². The molecule has 2 aliphatic heterocycles. The number of carbonyl (C=O) groups is 2. The van der Waals surface area contributed by atoms with E-state index in [2.05, 4.69) is 10.2 Å². The lowest BCUT2D eigenvalue weighted by Gasteiger charge is -2.29. The van der Waals surface area contributed by atoms with Gasteiger partial charge in [0.15, 0.2) is 6.10 Å². The molecule has 0 saturated carbocycles. The van der Waals surface area contributed by atoms with Gasteiger partial charge in [-0.05, 0) is 19.8 Å². The van der Waals surface area contributed by atoms with E-state index < -0.39 is 18.2 Å². The van der Waals surface area contributed by atoms with Gasteiger partial charge in [-0.25, -0.2) is 4.79 Å². The summed E-state index contributed by atoms with van der Waals surface area (Å²) in [5.41, 5.74) is 0. The maximum atomic E-state index is 12.0. The first-order valence-electron chi connectivity index (χ1n) is 7.05. The van der Waals surface area contributed by atoms with Crippen LogP contribution in [0.4, 0.5) is 0 Å². The van der Waals surface area contributed by atoms with E-state index in [0.29, 0.717) is 12.8 Å². The van der Waals surface area contributed by atoms with Gasteiger partial charge in [0.05, 0.1) is 13.2 Å². The molecule has 2 saturated heterocycles. The van der Waals surface area contributed by atoms with Crippen molar-refractivity contribution >= 4 is 11.9 Å². The first-order valence-corrected chi connectivity index (χ1v) is 7.05. The maximum Gasteiger partial charge on any atom is 0.332 e. The molecular formula is C13H22N2O5. The molecule has 0 spiro atoms. The Morgan fingerprint density at radius 1 is 1.30 bits per heavy atom. The molecule has 1 amide bonds. The third-order valence-electron chi connectivity index (χ3n) is 3.61. The lowest BCUT2D eigenvalue weighted by Crippen LogP contribution is -2.48. The minimum atomic E-state index is -0.998. The van der Waals surface area contributed by atoms with Crippen LogP contribution >= 0.6 is 0 Å². The summed E-state index contributed by atoms with van der Waals surface area (Å²) in [6.07, 6.45) is -0.623. The molecule has 114 valence electrons. The van der Waals surface area contributed by atoms with Crippen LogP contribution in [0, 0.1) is 0 Å². The molecule has 2 heterocycles. The summed E-state index contributed by atoms with van der Waals surface area (Å²) in [4.78, 5) is 25.0. The Morgan fingerprint density at radius 2 is 1.95 bits per heavy atom. The SMILES string of the molecule is CC(CN1CCOCC1)NC(=O)C1CCC(C(=O)O)O1. The standard InChI is InChI=1S/C13H22N2O5/c1-9(8-15-4-6-19-7-5-15)14-12(16)10-2-3-11(20-10)13(17)18/h9-11H,2-8H2,1H3,(H,14,16)(H,17,18).